The SMILES string of the molecule is CC(C)=O.CCCCNC(=O)CCOCCOCCOCCOCCOCCC(=O)NCCC/C=C(\C)C(C)=O. The predicted molar refractivity (Wildman–Crippen MR) is 154 cm³/mol. The molecule has 0 saturated heterocycles. The predicted octanol–water partition coefficient (Wildman–Crippen LogP) is 2.79. The van der Waals surface area contributed by atoms with Crippen molar-refractivity contribution in [2.24, 2.45) is 0 Å². The van der Waals surface area contributed by atoms with Crippen LogP contribution >= 0.6 is 0 Å². The zero-order valence-electron chi connectivity index (χ0n) is 25.5. The van der Waals surface area contributed by atoms with Crippen LogP contribution < -0.4 is 10.6 Å². The first-order valence-electron chi connectivity index (χ1n) is 14.3. The molecule has 0 atom stereocenters. The van der Waals surface area contributed by atoms with Gasteiger partial charge in [0.25, 0.3) is 0 Å². The molecule has 0 unspecified atom stereocenters. The van der Waals surface area contributed by atoms with E-state index in [1.165, 1.54) is 13.8 Å². The highest BCUT2D eigenvalue weighted by Crippen LogP contribution is 1.99. The Morgan fingerprint density at radius 3 is 1.27 bits per heavy atom. The molecule has 0 aliphatic rings. The number of nitrogens with one attached hydrogen (secondary N) is 2. The lowest BCUT2D eigenvalue weighted by atomic mass is 10.1. The molecule has 0 spiro atoms. The summed E-state index contributed by atoms with van der Waals surface area (Å²) in [6.07, 6.45) is 6.21. The van der Waals surface area contributed by atoms with Crippen LogP contribution in [0.15, 0.2) is 11.6 Å². The average molecular weight is 575 g/mol. The molecule has 2 amide bonds. The molecular weight excluding hydrogens is 520 g/mol. The van der Waals surface area contributed by atoms with Crippen molar-refractivity contribution in [1.29, 1.82) is 0 Å². The van der Waals surface area contributed by atoms with Crippen LogP contribution in [0.1, 0.15) is 73.1 Å². The van der Waals surface area contributed by atoms with Crippen LogP contribution in [0.5, 0.6) is 0 Å². The summed E-state index contributed by atoms with van der Waals surface area (Å²) in [5, 5.41) is 5.68. The van der Waals surface area contributed by atoms with Gasteiger partial charge in [-0.2, -0.15) is 0 Å². The number of amides is 2. The molecule has 0 aromatic carbocycles. The summed E-state index contributed by atoms with van der Waals surface area (Å²) in [5.41, 5.74) is 0.757. The summed E-state index contributed by atoms with van der Waals surface area (Å²) in [5.74, 6) is 0.219. The molecule has 0 fully saturated rings. The van der Waals surface area contributed by atoms with Crippen molar-refractivity contribution >= 4 is 23.4 Å². The van der Waals surface area contributed by atoms with Gasteiger partial charge in [-0.25, -0.2) is 0 Å². The molecule has 0 aliphatic heterocycles. The van der Waals surface area contributed by atoms with Crippen molar-refractivity contribution in [2.75, 3.05) is 79.2 Å². The maximum Gasteiger partial charge on any atom is 0.222 e. The molecule has 0 heterocycles. The first-order valence-corrected chi connectivity index (χ1v) is 14.3. The fourth-order valence-corrected chi connectivity index (χ4v) is 2.68. The van der Waals surface area contributed by atoms with E-state index in [-0.39, 0.29) is 23.4 Å². The number of ketones is 2. The molecule has 0 saturated carbocycles. The molecule has 0 aromatic heterocycles. The maximum atomic E-state index is 11.7. The molecule has 0 aromatic rings. The highest BCUT2D eigenvalue weighted by atomic mass is 16.6. The lowest BCUT2D eigenvalue weighted by molar-refractivity contribution is -0.123. The fourth-order valence-electron chi connectivity index (χ4n) is 2.68. The van der Waals surface area contributed by atoms with Crippen LogP contribution in [-0.2, 0) is 42.9 Å². The molecule has 11 heteroatoms. The molecule has 40 heavy (non-hydrogen) atoms. The number of hydrogen-bond donors (Lipinski definition) is 2. The fraction of sp³-hybridized carbons (Fsp3) is 0.793. The monoisotopic (exact) mass is 574 g/mol. The van der Waals surface area contributed by atoms with Gasteiger partial charge in [-0.3, -0.25) is 14.4 Å². The normalized spacial score (nSPS) is 11.0. The summed E-state index contributed by atoms with van der Waals surface area (Å²) in [6.45, 7) is 14.2. The van der Waals surface area contributed by atoms with E-state index in [0.29, 0.717) is 85.5 Å². The van der Waals surface area contributed by atoms with E-state index >= 15 is 0 Å². The highest BCUT2D eigenvalue weighted by molar-refractivity contribution is 5.92. The summed E-state index contributed by atoms with van der Waals surface area (Å²) >= 11 is 0. The Morgan fingerprint density at radius 2 is 0.925 bits per heavy atom. The summed E-state index contributed by atoms with van der Waals surface area (Å²) in [4.78, 5) is 43.8. The molecule has 234 valence electrons. The van der Waals surface area contributed by atoms with E-state index in [1.54, 1.807) is 13.8 Å². The van der Waals surface area contributed by atoms with Crippen LogP contribution in [-0.4, -0.2) is 103 Å². The van der Waals surface area contributed by atoms with Gasteiger partial charge in [-0.1, -0.05) is 19.4 Å². The number of ether oxygens (including phenoxy) is 5. The van der Waals surface area contributed by atoms with Gasteiger partial charge in [0.15, 0.2) is 5.78 Å². The van der Waals surface area contributed by atoms with Gasteiger partial charge in [0.1, 0.15) is 5.78 Å². The second-order valence-corrected chi connectivity index (χ2v) is 9.11. The lowest BCUT2D eigenvalue weighted by Crippen LogP contribution is -2.25. The minimum atomic E-state index is -0.0458. The van der Waals surface area contributed by atoms with Crippen molar-refractivity contribution < 1.29 is 42.9 Å². The van der Waals surface area contributed by atoms with Gasteiger partial charge in [-0.05, 0) is 52.5 Å². The van der Waals surface area contributed by atoms with Gasteiger partial charge in [0.2, 0.25) is 11.8 Å². The van der Waals surface area contributed by atoms with Crippen LogP contribution in [0.3, 0.4) is 0 Å². The van der Waals surface area contributed by atoms with Gasteiger partial charge in [0.05, 0.1) is 66.1 Å². The number of carbonyl (C=O) groups is 4. The van der Waals surface area contributed by atoms with E-state index in [4.69, 9.17) is 23.7 Å². The quantitative estimate of drug-likeness (QED) is 0.118. The topological polar surface area (TPSA) is 138 Å². The van der Waals surface area contributed by atoms with Crippen molar-refractivity contribution in [1.82, 2.24) is 10.6 Å². The third-order valence-corrected chi connectivity index (χ3v) is 5.00. The number of rotatable bonds is 26. The van der Waals surface area contributed by atoms with Crippen LogP contribution in [0, 0.1) is 0 Å². The Labute approximate surface area is 241 Å². The molecule has 0 aliphatic carbocycles. The molecule has 0 rings (SSSR count). The van der Waals surface area contributed by atoms with Gasteiger partial charge in [-0.15, -0.1) is 0 Å². The summed E-state index contributed by atoms with van der Waals surface area (Å²) in [7, 11) is 0. The average Bonchev–Trinajstić information content (AvgIpc) is 2.89. The Kier molecular flexibility index (Phi) is 31.3. The van der Waals surface area contributed by atoms with Gasteiger partial charge < -0.3 is 39.1 Å². The Balaban J connectivity index is 0. The van der Waals surface area contributed by atoms with Crippen LogP contribution in [0.25, 0.3) is 0 Å². The first-order chi connectivity index (χ1) is 19.2. The van der Waals surface area contributed by atoms with Gasteiger partial charge in [0, 0.05) is 25.9 Å². The molecule has 0 radical (unpaired) electrons. The van der Waals surface area contributed by atoms with Crippen molar-refractivity contribution in [2.45, 2.75) is 73.1 Å². The Bertz CT molecular complexity index is 680. The van der Waals surface area contributed by atoms with Crippen LogP contribution in [0.4, 0.5) is 0 Å². The zero-order chi connectivity index (χ0) is 30.3. The summed E-state index contributed by atoms with van der Waals surface area (Å²) < 4.78 is 27.0. The third-order valence-electron chi connectivity index (χ3n) is 5.00. The minimum absolute atomic E-state index is 0.0211. The number of carbonyl (C=O) groups excluding carboxylic acids is 4. The molecular formula is C29H54N2O9. The highest BCUT2D eigenvalue weighted by Gasteiger charge is 2.02. The zero-order valence-corrected chi connectivity index (χ0v) is 25.5. The van der Waals surface area contributed by atoms with Crippen molar-refractivity contribution in [3.05, 3.63) is 11.6 Å². The number of allylic oxidation sites excluding steroid dienone is 2. The van der Waals surface area contributed by atoms with E-state index in [9.17, 15) is 19.2 Å². The van der Waals surface area contributed by atoms with E-state index in [2.05, 4.69) is 17.6 Å². The van der Waals surface area contributed by atoms with Crippen LogP contribution in [0.2, 0.25) is 0 Å². The summed E-state index contributed by atoms with van der Waals surface area (Å²) in [6, 6.07) is 0. The van der Waals surface area contributed by atoms with Crippen molar-refractivity contribution in [3.8, 4) is 0 Å². The third kappa shape index (κ3) is 35.8. The lowest BCUT2D eigenvalue weighted by Gasteiger charge is -2.08. The van der Waals surface area contributed by atoms with E-state index < -0.39 is 0 Å². The second kappa shape index (κ2) is 31.3. The first kappa shape index (κ1) is 40.0. The largest absolute Gasteiger partial charge is 0.379 e. The second-order valence-electron chi connectivity index (χ2n) is 9.11. The number of unbranched alkanes of at least 4 members (excludes halogenated alkanes) is 2. The Morgan fingerprint density at radius 1 is 0.575 bits per heavy atom. The number of hydrogen-bond acceptors (Lipinski definition) is 9. The van der Waals surface area contributed by atoms with E-state index in [1.807, 2.05) is 6.08 Å². The smallest absolute Gasteiger partial charge is 0.222 e. The van der Waals surface area contributed by atoms with E-state index in [0.717, 1.165) is 37.8 Å². The van der Waals surface area contributed by atoms with Crippen molar-refractivity contribution in [3.63, 3.8) is 0 Å². The Hall–Kier alpha value is -2.18. The standard InChI is InChI=1S/C26H48N2O8.C3H6O/c1-4-5-11-27-25(30)9-13-32-15-17-34-19-21-36-22-20-35-18-16-33-14-10-26(31)28-12-7-6-8-23(2)24(3)29;1-3(2)4/h8H,4-7,9-22H2,1-3H3,(H,27,30)(H,28,31);1-2H3/b23-8+;. The van der Waals surface area contributed by atoms with Gasteiger partial charge >= 0.3 is 0 Å². The maximum absolute atomic E-state index is 11.7. The molecule has 2 N–H and O–H groups in total. The number of Topliss-reactive ketones (excluding diaryl/α,β-unsaturated/α-hetero) is 2. The molecule has 0 bridgehead atoms. The molecule has 11 nitrogen and oxygen atoms in total. The minimum Gasteiger partial charge on any atom is -0.379 e.